The molecule has 22 heteroatoms. The van der Waals surface area contributed by atoms with Gasteiger partial charge in [0.05, 0.1) is 6.61 Å². The molecule has 0 aromatic heterocycles. The van der Waals surface area contributed by atoms with E-state index in [1.165, 1.54) is 38.5 Å². The zero-order valence-electron chi connectivity index (χ0n) is 40.6. The molecule has 69 heavy (non-hydrogen) atoms. The van der Waals surface area contributed by atoms with Gasteiger partial charge in [0.2, 0.25) is 0 Å². The minimum absolute atomic E-state index is 0.0340. The first-order chi connectivity index (χ1) is 32.8. The summed E-state index contributed by atoms with van der Waals surface area (Å²) in [5.74, 6) is -1.34. The van der Waals surface area contributed by atoms with Gasteiger partial charge in [0.1, 0.15) is 43.2 Å². The number of phosphoric ester groups is 3. The summed E-state index contributed by atoms with van der Waals surface area (Å²) < 4.78 is 65.5. The van der Waals surface area contributed by atoms with Gasteiger partial charge >= 0.3 is 35.4 Å². The molecule has 0 spiro atoms. The second kappa shape index (κ2) is 38.5. The molecule has 8 atom stereocenters. The number of unbranched alkanes of at least 4 members (excludes halogenated alkanes) is 15. The van der Waals surface area contributed by atoms with Gasteiger partial charge in [0, 0.05) is 12.8 Å². The number of phosphoric acid groups is 3. The molecule has 0 radical (unpaired) electrons. The van der Waals surface area contributed by atoms with E-state index >= 15 is 0 Å². The second-order valence-corrected chi connectivity index (χ2v) is 20.8. The number of hydrogen-bond acceptors (Lipinski definition) is 14. The predicted molar refractivity (Wildman–Crippen MR) is 261 cm³/mol. The van der Waals surface area contributed by atoms with Gasteiger partial charge in [0.15, 0.2) is 6.10 Å². The molecule has 5 unspecified atom stereocenters. The van der Waals surface area contributed by atoms with Crippen LogP contribution >= 0.6 is 23.5 Å². The Hall–Kier alpha value is -2.15. The Morgan fingerprint density at radius 3 is 1.38 bits per heavy atom. The van der Waals surface area contributed by atoms with Gasteiger partial charge < -0.3 is 49.3 Å². The molecule has 0 amide bonds. The van der Waals surface area contributed by atoms with Crippen LogP contribution in [0.2, 0.25) is 0 Å². The molecular formula is C47H83O19P3. The Morgan fingerprint density at radius 2 is 0.884 bits per heavy atom. The fourth-order valence-electron chi connectivity index (χ4n) is 7.16. The molecule has 1 aliphatic rings. The molecule has 1 rings (SSSR count). The molecule has 0 saturated heterocycles. The zero-order valence-corrected chi connectivity index (χ0v) is 43.3. The number of carbonyl (C=O) groups excluding carboxylic acids is 2. The van der Waals surface area contributed by atoms with Crippen molar-refractivity contribution in [2.45, 2.75) is 211 Å². The van der Waals surface area contributed by atoms with E-state index in [1.807, 2.05) is 0 Å². The number of hydrogen-bond donors (Lipinski definition) is 8. The molecule has 1 saturated carbocycles. The number of aliphatic hydroxyl groups is 3. The van der Waals surface area contributed by atoms with E-state index in [0.717, 1.165) is 83.5 Å². The van der Waals surface area contributed by atoms with Crippen LogP contribution in [0, 0.1) is 0 Å². The summed E-state index contributed by atoms with van der Waals surface area (Å²) in [5, 5.41) is 31.9. The van der Waals surface area contributed by atoms with Gasteiger partial charge in [-0.05, 0) is 77.0 Å². The number of rotatable bonds is 41. The first-order valence-electron chi connectivity index (χ1n) is 24.6. The van der Waals surface area contributed by atoms with Crippen molar-refractivity contribution < 1.29 is 90.6 Å². The molecule has 0 aromatic rings. The van der Waals surface area contributed by atoms with Crippen LogP contribution in [-0.2, 0) is 50.9 Å². The fraction of sp³-hybridized carbons (Fsp3) is 0.745. The van der Waals surface area contributed by atoms with Crippen molar-refractivity contribution in [2.24, 2.45) is 0 Å². The molecule has 0 bridgehead atoms. The Labute approximate surface area is 409 Å². The van der Waals surface area contributed by atoms with Crippen LogP contribution < -0.4 is 0 Å². The van der Waals surface area contributed by atoms with E-state index in [4.69, 9.17) is 18.5 Å². The highest BCUT2D eigenvalue weighted by atomic mass is 31.2. The van der Waals surface area contributed by atoms with Gasteiger partial charge in [-0.1, -0.05) is 139 Å². The van der Waals surface area contributed by atoms with Crippen molar-refractivity contribution in [1.82, 2.24) is 0 Å². The quantitative estimate of drug-likeness (QED) is 0.0122. The smallest absolute Gasteiger partial charge is 0.462 e. The third kappa shape index (κ3) is 34.8. The summed E-state index contributed by atoms with van der Waals surface area (Å²) >= 11 is 0. The topological polar surface area (TPSA) is 303 Å². The van der Waals surface area contributed by atoms with E-state index in [-0.39, 0.29) is 12.8 Å². The minimum atomic E-state index is -5.61. The molecule has 19 nitrogen and oxygen atoms in total. The largest absolute Gasteiger partial charge is 0.472 e. The van der Waals surface area contributed by atoms with Crippen molar-refractivity contribution in [3.05, 3.63) is 60.8 Å². The van der Waals surface area contributed by atoms with Crippen LogP contribution in [0.25, 0.3) is 0 Å². The fourth-order valence-corrected chi connectivity index (χ4v) is 9.25. The van der Waals surface area contributed by atoms with E-state index in [2.05, 4.69) is 83.7 Å². The lowest BCUT2D eigenvalue weighted by atomic mass is 9.85. The maximum atomic E-state index is 13.1. The summed E-state index contributed by atoms with van der Waals surface area (Å²) in [5.41, 5.74) is 0. The van der Waals surface area contributed by atoms with Crippen molar-refractivity contribution in [3.8, 4) is 0 Å². The van der Waals surface area contributed by atoms with E-state index in [1.54, 1.807) is 0 Å². The molecule has 0 aliphatic heterocycles. The van der Waals surface area contributed by atoms with Crippen LogP contribution in [0.15, 0.2) is 60.8 Å². The Balaban J connectivity index is 2.74. The monoisotopic (exact) mass is 1040 g/mol. The number of ether oxygens (including phenoxy) is 2. The first kappa shape index (κ1) is 64.9. The van der Waals surface area contributed by atoms with Crippen LogP contribution in [0.5, 0.6) is 0 Å². The number of aliphatic hydroxyl groups excluding tert-OH is 3. The SMILES string of the molecule is CC/C=C\C/C=C\C/C=C\C/C=C\CCCCCCC(=O)O[C@H](COC(=O)CCCCCCC/C=C\CCCCCCCC)COP(=O)(O)O[C@H]1C(O)C(O)C(OP(=O)(O)O)[C@@H](OP(=O)(O)O)C1O. The van der Waals surface area contributed by atoms with Gasteiger partial charge in [0.25, 0.3) is 0 Å². The lowest BCUT2D eigenvalue weighted by Gasteiger charge is -2.44. The van der Waals surface area contributed by atoms with Gasteiger partial charge in [-0.25, -0.2) is 13.7 Å². The first-order valence-corrected chi connectivity index (χ1v) is 29.1. The molecular weight excluding hydrogens is 961 g/mol. The molecule has 0 heterocycles. The highest BCUT2D eigenvalue weighted by molar-refractivity contribution is 7.47. The van der Waals surface area contributed by atoms with Gasteiger partial charge in [-0.2, -0.15) is 0 Å². The maximum Gasteiger partial charge on any atom is 0.472 e. The van der Waals surface area contributed by atoms with Crippen LogP contribution in [-0.4, -0.2) is 108 Å². The minimum Gasteiger partial charge on any atom is -0.462 e. The Bertz CT molecular complexity index is 1670. The Kier molecular flexibility index (Phi) is 36.2. The summed E-state index contributed by atoms with van der Waals surface area (Å²) in [6.07, 6.45) is 26.6. The summed E-state index contributed by atoms with van der Waals surface area (Å²) in [6, 6.07) is 0. The van der Waals surface area contributed by atoms with Crippen molar-refractivity contribution >= 4 is 35.4 Å². The molecule has 1 fully saturated rings. The van der Waals surface area contributed by atoms with E-state index < -0.39 is 91.3 Å². The van der Waals surface area contributed by atoms with Crippen molar-refractivity contribution in [1.29, 1.82) is 0 Å². The second-order valence-electron chi connectivity index (χ2n) is 17.0. The lowest BCUT2D eigenvalue weighted by Crippen LogP contribution is -2.65. The van der Waals surface area contributed by atoms with Gasteiger partial charge in [-0.15, -0.1) is 0 Å². The number of esters is 2. The average molecular weight is 1050 g/mol. The molecule has 0 aromatic carbocycles. The standard InChI is InChI=1S/C47H83O19P3/c1-3-5-7-9-11-13-15-17-19-20-22-24-26-28-30-32-34-36-41(49)63-39(37-61-40(48)35-33-31-29-27-25-23-21-18-16-14-12-10-8-6-4-2)38-62-69(59,60)66-45-42(50)43(51)46(64-67(53,54)55)47(44(45)52)65-68(56,57)58/h5,7,11,13,17-19,21-22,24,39,42-47,50-52H,3-4,6,8-10,12,14-16,20,23,25-38H2,1-2H3,(H,59,60)(H2,53,54,55)(H2,56,57,58)/b7-5-,13-11-,19-17-,21-18-,24-22-/t39-,42?,43?,44?,45+,46?,47+/m1/s1. The molecule has 8 N–H and O–H groups in total. The third-order valence-corrected chi connectivity index (χ3v) is 12.8. The summed E-state index contributed by atoms with van der Waals surface area (Å²) in [7, 11) is -16.6. The van der Waals surface area contributed by atoms with Crippen molar-refractivity contribution in [2.75, 3.05) is 13.2 Å². The van der Waals surface area contributed by atoms with E-state index in [0.29, 0.717) is 19.3 Å². The molecule has 1 aliphatic carbocycles. The van der Waals surface area contributed by atoms with Gasteiger partial charge in [-0.3, -0.25) is 27.7 Å². The van der Waals surface area contributed by atoms with Crippen LogP contribution in [0.1, 0.15) is 168 Å². The zero-order chi connectivity index (χ0) is 51.4. The maximum absolute atomic E-state index is 13.1. The number of carbonyl (C=O) groups is 2. The summed E-state index contributed by atoms with van der Waals surface area (Å²) in [6.45, 7) is 2.80. The van der Waals surface area contributed by atoms with E-state index in [9.17, 15) is 63.1 Å². The highest BCUT2D eigenvalue weighted by Gasteiger charge is 2.56. The normalized spacial score (nSPS) is 21.8. The average Bonchev–Trinajstić information content (AvgIpc) is 3.28. The number of allylic oxidation sites excluding steroid dienone is 10. The Morgan fingerprint density at radius 1 is 0.478 bits per heavy atom. The lowest BCUT2D eigenvalue weighted by molar-refractivity contribution is -0.213. The summed E-state index contributed by atoms with van der Waals surface area (Å²) in [4.78, 5) is 73.3. The molecule has 400 valence electrons. The highest BCUT2D eigenvalue weighted by Crippen LogP contribution is 2.51. The predicted octanol–water partition coefficient (Wildman–Crippen LogP) is 9.18. The van der Waals surface area contributed by atoms with Crippen molar-refractivity contribution in [3.63, 3.8) is 0 Å². The van der Waals surface area contributed by atoms with Crippen LogP contribution in [0.4, 0.5) is 0 Å². The third-order valence-electron chi connectivity index (χ3n) is 10.8. The van der Waals surface area contributed by atoms with Crippen LogP contribution in [0.3, 0.4) is 0 Å².